The van der Waals surface area contributed by atoms with Gasteiger partial charge >= 0.3 is 12.1 Å². The molecule has 2 N–H and O–H groups in total. The number of benzene rings is 1. The Morgan fingerprint density at radius 1 is 1.21 bits per heavy atom. The number of hydrogen-bond donors (Lipinski definition) is 2. The second-order valence-electron chi connectivity index (χ2n) is 7.71. The van der Waals surface area contributed by atoms with Gasteiger partial charge in [0, 0.05) is 36.4 Å². The number of carbonyl (C=O) groups is 2. The minimum atomic E-state index is -5.27. The summed E-state index contributed by atoms with van der Waals surface area (Å²) in [5.41, 5.74) is 0.769. The third-order valence-electron chi connectivity index (χ3n) is 5.40. The van der Waals surface area contributed by atoms with Crippen LogP contribution in [-0.4, -0.2) is 45.5 Å². The monoisotopic (exact) mass is 477 g/mol. The number of nitrogens with zero attached hydrogens (tertiary/aromatic N) is 2. The number of hydrogen-bond acceptors (Lipinski definition) is 5. The molecule has 1 amide bonds. The van der Waals surface area contributed by atoms with Crippen LogP contribution in [0.2, 0.25) is 0 Å². The first-order valence-corrected chi connectivity index (χ1v) is 10.4. The summed E-state index contributed by atoms with van der Waals surface area (Å²) >= 11 is 0. The van der Waals surface area contributed by atoms with Crippen molar-refractivity contribution in [2.75, 3.05) is 6.61 Å². The summed E-state index contributed by atoms with van der Waals surface area (Å²) in [6.45, 7) is -0.121. The molecule has 4 rings (SSSR count). The second kappa shape index (κ2) is 9.26. The summed E-state index contributed by atoms with van der Waals surface area (Å²) in [4.78, 5) is 33.2. The Morgan fingerprint density at radius 2 is 1.97 bits per heavy atom. The van der Waals surface area contributed by atoms with Crippen LogP contribution in [0.4, 0.5) is 17.6 Å². The predicted molar refractivity (Wildman–Crippen MR) is 112 cm³/mol. The van der Waals surface area contributed by atoms with Crippen molar-refractivity contribution in [3.8, 4) is 22.5 Å². The van der Waals surface area contributed by atoms with E-state index >= 15 is 0 Å². The van der Waals surface area contributed by atoms with Crippen molar-refractivity contribution in [2.24, 2.45) is 0 Å². The Hall–Kier alpha value is -3.73. The minimum absolute atomic E-state index is 0.000507. The fraction of sp³-hybridized carbons (Fsp3) is 0.261. The van der Waals surface area contributed by atoms with Crippen molar-refractivity contribution in [3.63, 3.8) is 0 Å². The summed E-state index contributed by atoms with van der Waals surface area (Å²) in [7, 11) is 0. The van der Waals surface area contributed by atoms with Gasteiger partial charge in [-0.15, -0.1) is 0 Å². The molecule has 0 bridgehead atoms. The van der Waals surface area contributed by atoms with Gasteiger partial charge in [-0.1, -0.05) is 12.1 Å². The van der Waals surface area contributed by atoms with Crippen LogP contribution in [0.3, 0.4) is 0 Å². The van der Waals surface area contributed by atoms with Crippen LogP contribution < -0.4 is 10.2 Å². The third-order valence-corrected chi connectivity index (χ3v) is 5.40. The molecule has 7 nitrogen and oxygen atoms in total. The quantitative estimate of drug-likeness (QED) is 0.532. The zero-order valence-corrected chi connectivity index (χ0v) is 17.6. The summed E-state index contributed by atoms with van der Waals surface area (Å²) in [5.74, 6) is -3.54. The van der Waals surface area contributed by atoms with Crippen molar-refractivity contribution in [2.45, 2.75) is 31.5 Å². The van der Waals surface area contributed by atoms with Crippen LogP contribution in [-0.2, 0) is 11.2 Å². The Morgan fingerprint density at radius 3 is 2.68 bits per heavy atom. The molecular weight excluding hydrogens is 458 g/mol. The molecule has 1 aliphatic heterocycles. The molecule has 3 aromatic rings. The highest BCUT2D eigenvalue weighted by Gasteiger charge is 2.43. The Balaban J connectivity index is 1.82. The number of aliphatic hydroxyl groups is 1. The van der Waals surface area contributed by atoms with Gasteiger partial charge in [-0.3, -0.25) is 9.78 Å². The standard InChI is InChI=1S/C23H19F4N3O4/c24-17-6-2-1-5-15(17)18-10-13(7-8-28-18)19-12-16-20(30(19)34-22(33)23(25,26)27)11-14(4-3-9-31)29-21(16)32/h1-2,5-8,10,12,14,31H,3-4,9,11H2,(H,29,32). The largest absolute Gasteiger partial charge is 0.493 e. The lowest BCUT2D eigenvalue weighted by Gasteiger charge is -2.25. The summed E-state index contributed by atoms with van der Waals surface area (Å²) in [6.07, 6.45) is -3.10. The summed E-state index contributed by atoms with van der Waals surface area (Å²) < 4.78 is 54.0. The molecule has 0 fully saturated rings. The zero-order valence-electron chi connectivity index (χ0n) is 17.6. The van der Waals surface area contributed by atoms with E-state index in [1.165, 1.54) is 42.6 Å². The molecule has 34 heavy (non-hydrogen) atoms. The molecule has 1 unspecified atom stereocenters. The number of aromatic nitrogens is 2. The predicted octanol–water partition coefficient (Wildman–Crippen LogP) is 3.30. The van der Waals surface area contributed by atoms with Gasteiger partial charge in [-0.25, -0.2) is 9.18 Å². The van der Waals surface area contributed by atoms with E-state index in [1.807, 2.05) is 0 Å². The van der Waals surface area contributed by atoms with E-state index in [0.29, 0.717) is 17.6 Å². The number of aliphatic hydroxyl groups excluding tert-OH is 1. The minimum Gasteiger partial charge on any atom is -0.396 e. The highest BCUT2D eigenvalue weighted by Crippen LogP contribution is 2.32. The smallest absolute Gasteiger partial charge is 0.396 e. The number of carbonyl (C=O) groups excluding carboxylic acids is 2. The number of nitrogens with one attached hydrogen (secondary N) is 1. The third kappa shape index (κ3) is 4.65. The van der Waals surface area contributed by atoms with Crippen molar-refractivity contribution in [1.82, 2.24) is 15.0 Å². The second-order valence-corrected chi connectivity index (χ2v) is 7.71. The summed E-state index contributed by atoms with van der Waals surface area (Å²) in [6, 6.07) is 9.58. The van der Waals surface area contributed by atoms with E-state index < -0.39 is 29.9 Å². The molecular formula is C23H19F4N3O4. The fourth-order valence-electron chi connectivity index (χ4n) is 3.83. The van der Waals surface area contributed by atoms with Gasteiger partial charge in [-0.2, -0.15) is 17.9 Å². The molecule has 0 radical (unpaired) electrons. The maximum atomic E-state index is 14.3. The molecule has 0 spiro atoms. The first kappa shape index (κ1) is 23.4. The van der Waals surface area contributed by atoms with E-state index in [9.17, 15) is 27.2 Å². The number of amides is 1. The van der Waals surface area contributed by atoms with Gasteiger partial charge in [0.15, 0.2) is 0 Å². The molecule has 1 aromatic carbocycles. The number of halogens is 4. The maximum Gasteiger partial charge on any atom is 0.493 e. The molecule has 2 aromatic heterocycles. The molecule has 1 aliphatic rings. The SMILES string of the molecule is O=C1NC(CCCO)Cc2c1cc(-c1ccnc(-c3ccccc3F)c1)n2OC(=O)C(F)(F)F. The highest BCUT2D eigenvalue weighted by molar-refractivity contribution is 5.98. The molecule has 11 heteroatoms. The lowest BCUT2D eigenvalue weighted by molar-refractivity contribution is -0.200. The van der Waals surface area contributed by atoms with Gasteiger partial charge in [0.1, 0.15) is 5.82 Å². The van der Waals surface area contributed by atoms with Gasteiger partial charge in [0.05, 0.1) is 22.6 Å². The van der Waals surface area contributed by atoms with Crippen molar-refractivity contribution in [1.29, 1.82) is 0 Å². The molecule has 1 atom stereocenters. The van der Waals surface area contributed by atoms with Gasteiger partial charge in [-0.05, 0) is 43.2 Å². The van der Waals surface area contributed by atoms with Crippen molar-refractivity contribution in [3.05, 3.63) is 65.7 Å². The molecule has 3 heterocycles. The Kier molecular flexibility index (Phi) is 6.38. The number of rotatable bonds is 6. The van der Waals surface area contributed by atoms with Gasteiger partial charge < -0.3 is 15.3 Å². The van der Waals surface area contributed by atoms with Crippen LogP contribution >= 0.6 is 0 Å². The lowest BCUT2D eigenvalue weighted by atomic mass is 9.98. The first-order chi connectivity index (χ1) is 16.2. The first-order valence-electron chi connectivity index (χ1n) is 10.4. The van der Waals surface area contributed by atoms with E-state index in [1.54, 1.807) is 6.07 Å². The van der Waals surface area contributed by atoms with E-state index in [0.717, 1.165) is 0 Å². The number of pyridine rings is 1. The van der Waals surface area contributed by atoms with Crippen molar-refractivity contribution < 1.29 is 37.1 Å². The lowest BCUT2D eigenvalue weighted by Crippen LogP contribution is -2.43. The normalized spacial score (nSPS) is 15.6. The molecule has 178 valence electrons. The molecule has 0 saturated carbocycles. The average molecular weight is 477 g/mol. The van der Waals surface area contributed by atoms with Gasteiger partial charge in [0.2, 0.25) is 0 Å². The van der Waals surface area contributed by atoms with Crippen LogP contribution in [0.5, 0.6) is 0 Å². The Labute approximate surface area is 190 Å². The van der Waals surface area contributed by atoms with Crippen LogP contribution in [0.1, 0.15) is 28.9 Å². The zero-order chi connectivity index (χ0) is 24.5. The van der Waals surface area contributed by atoms with Crippen molar-refractivity contribution >= 4 is 11.9 Å². The van der Waals surface area contributed by atoms with E-state index in [2.05, 4.69) is 10.3 Å². The van der Waals surface area contributed by atoms with Crippen LogP contribution in [0.15, 0.2) is 48.7 Å². The van der Waals surface area contributed by atoms with E-state index in [4.69, 9.17) is 9.94 Å². The Bertz CT molecular complexity index is 1240. The number of fused-ring (bicyclic) bond motifs is 1. The van der Waals surface area contributed by atoms with Gasteiger partial charge in [0.25, 0.3) is 5.91 Å². The summed E-state index contributed by atoms with van der Waals surface area (Å²) in [5, 5.41) is 11.8. The topological polar surface area (TPSA) is 93.5 Å². The van der Waals surface area contributed by atoms with Crippen LogP contribution in [0, 0.1) is 5.82 Å². The maximum absolute atomic E-state index is 14.3. The van der Waals surface area contributed by atoms with Crippen LogP contribution in [0.25, 0.3) is 22.5 Å². The molecule has 0 aliphatic carbocycles. The molecule has 0 saturated heterocycles. The average Bonchev–Trinajstić information content (AvgIpc) is 3.16. The van der Waals surface area contributed by atoms with E-state index in [-0.39, 0.29) is 46.8 Å². The highest BCUT2D eigenvalue weighted by atomic mass is 19.4. The number of alkyl halides is 3. The fourth-order valence-corrected chi connectivity index (χ4v) is 3.83.